The second-order valence-corrected chi connectivity index (χ2v) is 9.90. The molecular weight excluding hydrogens is 502 g/mol. The molecule has 202 valence electrons. The van der Waals surface area contributed by atoms with Crippen LogP contribution in [0, 0.1) is 0 Å². The van der Waals surface area contributed by atoms with E-state index in [4.69, 9.17) is 4.74 Å². The van der Waals surface area contributed by atoms with E-state index in [0.29, 0.717) is 29.1 Å². The van der Waals surface area contributed by atoms with E-state index in [2.05, 4.69) is 6.92 Å². The summed E-state index contributed by atoms with van der Waals surface area (Å²) < 4.78 is 5.71. The highest BCUT2D eigenvalue weighted by molar-refractivity contribution is 6.08. The average molecular weight is 534 g/mol. The van der Waals surface area contributed by atoms with Crippen LogP contribution >= 0.6 is 0 Å². The number of phenolic OH excluding ortho intramolecular Hbond substituents is 2. The van der Waals surface area contributed by atoms with Gasteiger partial charge in [0.15, 0.2) is 0 Å². The van der Waals surface area contributed by atoms with Crippen LogP contribution in [0.4, 0.5) is 5.69 Å². The Bertz CT molecular complexity index is 1690. The number of hydrogen-bond acceptors (Lipinski definition) is 5. The summed E-state index contributed by atoms with van der Waals surface area (Å²) in [6.07, 6.45) is 4.03. The first-order chi connectivity index (χ1) is 19.4. The number of esters is 1. The molecule has 6 nitrogen and oxygen atoms in total. The number of aromatic hydroxyl groups is 2. The van der Waals surface area contributed by atoms with Gasteiger partial charge in [-0.15, -0.1) is 0 Å². The molecule has 0 unspecified atom stereocenters. The average Bonchev–Trinajstić information content (AvgIpc) is 2.96. The zero-order valence-corrected chi connectivity index (χ0v) is 22.3. The SMILES string of the molecule is CCCCCCN(C(=O)c1ccc2cc(O)ccc2c1)c1cccc(OC(=O)c2ccc3cc(O)ccc3c2)c1. The third-order valence-corrected chi connectivity index (χ3v) is 6.95. The van der Waals surface area contributed by atoms with Gasteiger partial charge in [0.1, 0.15) is 17.2 Å². The van der Waals surface area contributed by atoms with Gasteiger partial charge in [-0.1, -0.05) is 56.5 Å². The maximum atomic E-state index is 13.8. The van der Waals surface area contributed by atoms with Crippen LogP contribution in [0.5, 0.6) is 17.2 Å². The fraction of sp³-hybridized carbons (Fsp3) is 0.176. The molecular formula is C34H31NO5. The first-order valence-electron chi connectivity index (χ1n) is 13.5. The molecule has 0 aliphatic rings. The number of carbonyl (C=O) groups is 2. The van der Waals surface area contributed by atoms with Crippen LogP contribution in [0.1, 0.15) is 53.3 Å². The zero-order valence-electron chi connectivity index (χ0n) is 22.3. The van der Waals surface area contributed by atoms with Crippen LogP contribution in [0.2, 0.25) is 0 Å². The van der Waals surface area contributed by atoms with E-state index in [-0.39, 0.29) is 17.4 Å². The molecule has 0 saturated heterocycles. The third-order valence-electron chi connectivity index (χ3n) is 6.95. The van der Waals surface area contributed by atoms with Crippen LogP contribution in [0.25, 0.3) is 21.5 Å². The van der Waals surface area contributed by atoms with Crippen molar-refractivity contribution in [2.75, 3.05) is 11.4 Å². The second-order valence-electron chi connectivity index (χ2n) is 9.90. The van der Waals surface area contributed by atoms with Crippen LogP contribution in [0.15, 0.2) is 97.1 Å². The van der Waals surface area contributed by atoms with E-state index in [1.807, 2.05) is 18.2 Å². The molecule has 40 heavy (non-hydrogen) atoms. The zero-order chi connectivity index (χ0) is 28.1. The molecule has 5 rings (SSSR count). The first kappa shape index (κ1) is 26.8. The summed E-state index contributed by atoms with van der Waals surface area (Å²) in [5.41, 5.74) is 1.57. The Labute approximate surface area is 233 Å². The van der Waals surface area contributed by atoms with Crippen molar-refractivity contribution in [3.63, 3.8) is 0 Å². The van der Waals surface area contributed by atoms with Crippen molar-refractivity contribution in [1.29, 1.82) is 0 Å². The molecule has 0 aromatic heterocycles. The normalized spacial score (nSPS) is 11.0. The first-order valence-corrected chi connectivity index (χ1v) is 13.5. The quantitative estimate of drug-likeness (QED) is 0.114. The summed E-state index contributed by atoms with van der Waals surface area (Å²) in [6.45, 7) is 2.67. The lowest BCUT2D eigenvalue weighted by Gasteiger charge is -2.24. The topological polar surface area (TPSA) is 87.1 Å². The molecule has 0 spiro atoms. The Morgan fingerprint density at radius 1 is 0.675 bits per heavy atom. The molecule has 5 aromatic carbocycles. The Morgan fingerprint density at radius 2 is 1.27 bits per heavy atom. The summed E-state index contributed by atoms with van der Waals surface area (Å²) >= 11 is 0. The predicted octanol–water partition coefficient (Wildman–Crippen LogP) is 7.85. The molecule has 0 radical (unpaired) electrons. The molecule has 0 aliphatic carbocycles. The molecule has 0 bridgehead atoms. The van der Waals surface area contributed by atoms with Crippen molar-refractivity contribution < 1.29 is 24.5 Å². The highest BCUT2D eigenvalue weighted by Crippen LogP contribution is 2.27. The van der Waals surface area contributed by atoms with Crippen molar-refractivity contribution in [1.82, 2.24) is 0 Å². The molecule has 2 N–H and O–H groups in total. The van der Waals surface area contributed by atoms with Gasteiger partial charge in [0.25, 0.3) is 5.91 Å². The van der Waals surface area contributed by atoms with E-state index >= 15 is 0 Å². The summed E-state index contributed by atoms with van der Waals surface area (Å²) in [7, 11) is 0. The van der Waals surface area contributed by atoms with Gasteiger partial charge in [0, 0.05) is 23.9 Å². The van der Waals surface area contributed by atoms with E-state index in [1.54, 1.807) is 83.8 Å². The largest absolute Gasteiger partial charge is 0.508 e. The van der Waals surface area contributed by atoms with E-state index in [1.165, 1.54) is 0 Å². The third kappa shape index (κ3) is 6.07. The minimum Gasteiger partial charge on any atom is -0.508 e. The fourth-order valence-corrected chi connectivity index (χ4v) is 4.81. The summed E-state index contributed by atoms with van der Waals surface area (Å²) in [5, 5.41) is 22.8. The van der Waals surface area contributed by atoms with Crippen LogP contribution in [0.3, 0.4) is 0 Å². The summed E-state index contributed by atoms with van der Waals surface area (Å²) in [4.78, 5) is 28.5. The number of fused-ring (bicyclic) bond motifs is 2. The fourth-order valence-electron chi connectivity index (χ4n) is 4.81. The van der Waals surface area contributed by atoms with Gasteiger partial charge in [-0.05, 0) is 88.6 Å². The number of benzene rings is 5. The number of carbonyl (C=O) groups excluding carboxylic acids is 2. The number of ether oxygens (including phenoxy) is 1. The smallest absolute Gasteiger partial charge is 0.343 e. The number of anilines is 1. The van der Waals surface area contributed by atoms with Gasteiger partial charge in [0.05, 0.1) is 5.56 Å². The predicted molar refractivity (Wildman–Crippen MR) is 158 cm³/mol. The second kappa shape index (κ2) is 11.9. The maximum Gasteiger partial charge on any atom is 0.343 e. The van der Waals surface area contributed by atoms with E-state index in [9.17, 15) is 19.8 Å². The minimum absolute atomic E-state index is 0.146. The maximum absolute atomic E-state index is 13.8. The lowest BCUT2D eigenvalue weighted by atomic mass is 10.1. The van der Waals surface area contributed by atoms with Gasteiger partial charge in [-0.3, -0.25) is 4.79 Å². The van der Waals surface area contributed by atoms with Crippen molar-refractivity contribution >= 4 is 39.1 Å². The number of hydrogen-bond donors (Lipinski definition) is 2. The Morgan fingerprint density at radius 3 is 1.95 bits per heavy atom. The number of nitrogens with zero attached hydrogens (tertiary/aromatic N) is 1. The number of amides is 1. The lowest BCUT2D eigenvalue weighted by molar-refractivity contribution is 0.0735. The number of phenols is 2. The standard InChI is InChI=1S/C34H31NO5/c1-2-3-4-5-17-35(33(38)27-11-9-25-20-30(36)15-13-23(25)18-27)29-7-6-8-32(22-29)40-34(39)28-12-10-26-21-31(37)16-14-24(26)19-28/h6-16,18-22,36-37H,2-5,17H2,1H3. The highest BCUT2D eigenvalue weighted by Gasteiger charge is 2.19. The Kier molecular flexibility index (Phi) is 7.97. The molecule has 6 heteroatoms. The molecule has 0 atom stereocenters. The van der Waals surface area contributed by atoms with Crippen LogP contribution in [-0.4, -0.2) is 28.6 Å². The van der Waals surface area contributed by atoms with Crippen LogP contribution < -0.4 is 9.64 Å². The highest BCUT2D eigenvalue weighted by atomic mass is 16.5. The van der Waals surface area contributed by atoms with Gasteiger partial charge >= 0.3 is 5.97 Å². The molecule has 0 heterocycles. The monoisotopic (exact) mass is 533 g/mol. The van der Waals surface area contributed by atoms with Gasteiger partial charge in [0.2, 0.25) is 0 Å². The van der Waals surface area contributed by atoms with Gasteiger partial charge in [-0.25, -0.2) is 4.79 Å². The molecule has 0 aliphatic heterocycles. The molecule has 5 aromatic rings. The number of unbranched alkanes of at least 4 members (excludes halogenated alkanes) is 3. The van der Waals surface area contributed by atoms with Crippen molar-refractivity contribution in [3.05, 3.63) is 108 Å². The van der Waals surface area contributed by atoms with Gasteiger partial charge in [-0.2, -0.15) is 0 Å². The van der Waals surface area contributed by atoms with Crippen molar-refractivity contribution in [2.45, 2.75) is 32.6 Å². The lowest BCUT2D eigenvalue weighted by Crippen LogP contribution is -2.32. The molecule has 1 amide bonds. The minimum atomic E-state index is -0.509. The van der Waals surface area contributed by atoms with E-state index < -0.39 is 5.97 Å². The Hall–Kier alpha value is -4.84. The van der Waals surface area contributed by atoms with Crippen molar-refractivity contribution in [2.24, 2.45) is 0 Å². The summed E-state index contributed by atoms with van der Waals surface area (Å²) in [5.74, 6) is 0.0296. The van der Waals surface area contributed by atoms with Crippen molar-refractivity contribution in [3.8, 4) is 17.2 Å². The van der Waals surface area contributed by atoms with Gasteiger partial charge < -0.3 is 19.8 Å². The van der Waals surface area contributed by atoms with Crippen LogP contribution in [-0.2, 0) is 0 Å². The van der Waals surface area contributed by atoms with E-state index in [0.717, 1.165) is 47.2 Å². The summed E-state index contributed by atoms with van der Waals surface area (Å²) in [6, 6.07) is 27.7. The number of rotatable bonds is 9. The Balaban J connectivity index is 1.40. The molecule has 0 saturated carbocycles. The molecule has 0 fully saturated rings.